The molecule has 3 aliphatic carbocycles. The summed E-state index contributed by atoms with van der Waals surface area (Å²) >= 11 is 0. The Labute approximate surface area is 130 Å². The molecule has 7 atom stereocenters. The molecule has 4 nitrogen and oxygen atoms in total. The largest absolute Gasteiger partial charge is 0.446 e. The van der Waals surface area contributed by atoms with Gasteiger partial charge in [0.15, 0.2) is 0 Å². The molecule has 0 unspecified atom stereocenters. The van der Waals surface area contributed by atoms with Crippen LogP contribution in [0.3, 0.4) is 0 Å². The highest BCUT2D eigenvalue weighted by Gasteiger charge is 2.67. The van der Waals surface area contributed by atoms with E-state index in [-0.39, 0.29) is 12.2 Å². The number of nitrogens with one attached hydrogen (secondary N) is 1. The minimum absolute atomic E-state index is 0.106. The summed E-state index contributed by atoms with van der Waals surface area (Å²) in [4.78, 5) is 12.1. The highest BCUT2D eigenvalue weighted by molar-refractivity contribution is 5.84. The fourth-order valence-corrected chi connectivity index (χ4v) is 5.32. The number of fused-ring (bicyclic) bond motifs is 7. The number of anilines is 1. The summed E-state index contributed by atoms with van der Waals surface area (Å²) < 4.78 is 11.5. The van der Waals surface area contributed by atoms with Crippen molar-refractivity contribution in [3.8, 4) is 0 Å². The zero-order valence-corrected chi connectivity index (χ0v) is 12.7. The first-order valence-corrected chi connectivity index (χ1v) is 8.39. The molecular formula is C18H21NO3. The van der Waals surface area contributed by atoms with E-state index >= 15 is 0 Å². The smallest absolute Gasteiger partial charge is 0.411 e. The molecular weight excluding hydrogens is 278 g/mol. The lowest BCUT2D eigenvalue weighted by molar-refractivity contribution is 0.0251. The van der Waals surface area contributed by atoms with Crippen LogP contribution in [-0.2, 0) is 9.47 Å². The number of ether oxygens (including phenoxy) is 2. The molecule has 1 aliphatic heterocycles. The number of amides is 1. The molecule has 0 aromatic heterocycles. The van der Waals surface area contributed by atoms with Crippen LogP contribution in [0.25, 0.3) is 0 Å². The maximum Gasteiger partial charge on any atom is 0.411 e. The Kier molecular flexibility index (Phi) is 2.63. The van der Waals surface area contributed by atoms with Gasteiger partial charge in [-0.25, -0.2) is 4.79 Å². The van der Waals surface area contributed by atoms with Crippen molar-refractivity contribution in [1.29, 1.82) is 0 Å². The van der Waals surface area contributed by atoms with Gasteiger partial charge in [0.2, 0.25) is 0 Å². The van der Waals surface area contributed by atoms with Crippen LogP contribution in [0.15, 0.2) is 24.3 Å². The Balaban J connectivity index is 1.22. The maximum absolute atomic E-state index is 12.1. The van der Waals surface area contributed by atoms with E-state index in [1.165, 1.54) is 18.4 Å². The molecule has 4 heteroatoms. The van der Waals surface area contributed by atoms with E-state index in [1.54, 1.807) is 0 Å². The molecule has 4 aliphatic rings. The zero-order valence-electron chi connectivity index (χ0n) is 12.7. The standard InChI is InChI=1S/C18H21NO3/c1-9-2-4-11(5-3-9)19-18(20)22-14-7-10-6-12(14)13-8-15-17(21-15)16(10)13/h2-5,10,12-17H,6-8H2,1H3,(H,19,20)/t10-,12-,13-,14+,15-,16-,17+/m1/s1. The average molecular weight is 299 g/mol. The third-order valence-corrected chi connectivity index (χ3v) is 6.24. The number of benzene rings is 1. The molecule has 2 bridgehead atoms. The van der Waals surface area contributed by atoms with Crippen LogP contribution in [-0.4, -0.2) is 24.4 Å². The topological polar surface area (TPSA) is 50.9 Å². The molecule has 0 spiro atoms. The monoisotopic (exact) mass is 299 g/mol. The van der Waals surface area contributed by atoms with Gasteiger partial charge in [0.1, 0.15) is 6.10 Å². The summed E-state index contributed by atoms with van der Waals surface area (Å²) in [6.45, 7) is 2.03. The second-order valence-electron chi connectivity index (χ2n) is 7.45. The van der Waals surface area contributed by atoms with Crippen LogP contribution in [0.4, 0.5) is 10.5 Å². The van der Waals surface area contributed by atoms with E-state index in [0.29, 0.717) is 24.0 Å². The van der Waals surface area contributed by atoms with Crippen molar-refractivity contribution in [3.05, 3.63) is 29.8 Å². The second kappa shape index (κ2) is 4.48. The van der Waals surface area contributed by atoms with Gasteiger partial charge in [-0.05, 0) is 62.0 Å². The van der Waals surface area contributed by atoms with E-state index < -0.39 is 0 Å². The number of carbonyl (C=O) groups excluding carboxylic acids is 1. The molecule has 1 saturated heterocycles. The molecule has 1 N–H and O–H groups in total. The number of rotatable bonds is 2. The fourth-order valence-electron chi connectivity index (χ4n) is 5.32. The van der Waals surface area contributed by atoms with Crippen molar-refractivity contribution in [1.82, 2.24) is 0 Å². The van der Waals surface area contributed by atoms with Crippen molar-refractivity contribution < 1.29 is 14.3 Å². The van der Waals surface area contributed by atoms with Crippen molar-refractivity contribution >= 4 is 11.8 Å². The predicted octanol–water partition coefficient (Wildman–Crippen LogP) is 3.36. The van der Waals surface area contributed by atoms with Crippen molar-refractivity contribution in [2.75, 3.05) is 5.32 Å². The van der Waals surface area contributed by atoms with Crippen LogP contribution < -0.4 is 5.32 Å². The molecule has 5 rings (SSSR count). The van der Waals surface area contributed by atoms with Gasteiger partial charge in [-0.15, -0.1) is 0 Å². The molecule has 3 saturated carbocycles. The van der Waals surface area contributed by atoms with Gasteiger partial charge in [0.05, 0.1) is 12.2 Å². The van der Waals surface area contributed by atoms with Gasteiger partial charge < -0.3 is 9.47 Å². The number of aryl methyl sites for hydroxylation is 1. The van der Waals surface area contributed by atoms with Gasteiger partial charge in [0.25, 0.3) is 0 Å². The van der Waals surface area contributed by atoms with E-state index in [2.05, 4.69) is 5.32 Å². The fraction of sp³-hybridized carbons (Fsp3) is 0.611. The van der Waals surface area contributed by atoms with Gasteiger partial charge in [-0.2, -0.15) is 0 Å². The molecule has 4 fully saturated rings. The molecule has 1 amide bonds. The maximum atomic E-state index is 12.1. The summed E-state index contributed by atoms with van der Waals surface area (Å²) in [5.41, 5.74) is 1.98. The Hall–Kier alpha value is -1.55. The van der Waals surface area contributed by atoms with E-state index in [0.717, 1.165) is 23.9 Å². The Morgan fingerprint density at radius 3 is 2.82 bits per heavy atom. The summed E-state index contributed by atoms with van der Waals surface area (Å²) in [7, 11) is 0. The van der Waals surface area contributed by atoms with E-state index in [9.17, 15) is 4.79 Å². The highest BCUT2D eigenvalue weighted by atomic mass is 16.6. The minimum Gasteiger partial charge on any atom is -0.446 e. The van der Waals surface area contributed by atoms with Crippen LogP contribution >= 0.6 is 0 Å². The normalized spacial score (nSPS) is 43.6. The third-order valence-electron chi connectivity index (χ3n) is 6.24. The van der Waals surface area contributed by atoms with Crippen LogP contribution in [0.5, 0.6) is 0 Å². The number of carbonyl (C=O) groups is 1. The molecule has 0 radical (unpaired) electrons. The molecule has 1 heterocycles. The first-order valence-electron chi connectivity index (χ1n) is 8.39. The van der Waals surface area contributed by atoms with Crippen molar-refractivity contribution in [2.24, 2.45) is 23.7 Å². The SMILES string of the molecule is Cc1ccc(NC(=O)O[C@H]2C[C@H]3C[C@@H]2[C@H]2C[C@H]4O[C@@H]4[C@H]32)cc1. The number of hydrogen-bond acceptors (Lipinski definition) is 3. The number of hydrogen-bond donors (Lipinski definition) is 1. The zero-order chi connectivity index (χ0) is 14.8. The molecule has 1 aromatic carbocycles. The first kappa shape index (κ1) is 12.9. The lowest BCUT2D eigenvalue weighted by Gasteiger charge is -2.32. The Morgan fingerprint density at radius 2 is 2.00 bits per heavy atom. The Bertz CT molecular complexity index is 613. The molecule has 1 aromatic rings. The van der Waals surface area contributed by atoms with Crippen LogP contribution in [0.2, 0.25) is 0 Å². The first-order chi connectivity index (χ1) is 10.7. The average Bonchev–Trinajstić information content (AvgIpc) is 2.84. The van der Waals surface area contributed by atoms with Crippen LogP contribution in [0, 0.1) is 30.6 Å². The lowest BCUT2D eigenvalue weighted by Crippen LogP contribution is -2.35. The van der Waals surface area contributed by atoms with Gasteiger partial charge >= 0.3 is 6.09 Å². The van der Waals surface area contributed by atoms with Crippen molar-refractivity contribution in [3.63, 3.8) is 0 Å². The number of epoxide rings is 1. The molecule has 22 heavy (non-hydrogen) atoms. The van der Waals surface area contributed by atoms with E-state index in [4.69, 9.17) is 9.47 Å². The molecule has 116 valence electrons. The van der Waals surface area contributed by atoms with Crippen molar-refractivity contribution in [2.45, 2.75) is 44.5 Å². The van der Waals surface area contributed by atoms with Gasteiger partial charge in [0, 0.05) is 5.69 Å². The van der Waals surface area contributed by atoms with Crippen LogP contribution in [0.1, 0.15) is 24.8 Å². The lowest BCUT2D eigenvalue weighted by atomic mass is 9.79. The second-order valence-corrected chi connectivity index (χ2v) is 7.45. The minimum atomic E-state index is -0.308. The Morgan fingerprint density at radius 1 is 1.18 bits per heavy atom. The third kappa shape index (κ3) is 1.89. The predicted molar refractivity (Wildman–Crippen MR) is 81.5 cm³/mol. The quantitative estimate of drug-likeness (QED) is 0.852. The summed E-state index contributed by atoms with van der Waals surface area (Å²) in [5.74, 6) is 2.77. The summed E-state index contributed by atoms with van der Waals surface area (Å²) in [6, 6.07) is 7.80. The summed E-state index contributed by atoms with van der Waals surface area (Å²) in [5, 5.41) is 2.85. The van der Waals surface area contributed by atoms with Gasteiger partial charge in [-0.1, -0.05) is 17.7 Å². The van der Waals surface area contributed by atoms with Gasteiger partial charge in [-0.3, -0.25) is 5.32 Å². The van der Waals surface area contributed by atoms with E-state index in [1.807, 2.05) is 31.2 Å². The summed E-state index contributed by atoms with van der Waals surface area (Å²) in [6.07, 6.45) is 4.31. The highest BCUT2D eigenvalue weighted by Crippen LogP contribution is 2.64.